The molecule has 0 spiro atoms. The van der Waals surface area contributed by atoms with Crippen LogP contribution in [0.2, 0.25) is 0 Å². The van der Waals surface area contributed by atoms with Crippen LogP contribution >= 0.6 is 0 Å². The molecule has 4 nitrogen and oxygen atoms in total. The molecule has 10 rings (SSSR count). The smallest absolute Gasteiger partial charge is 0.135 e. The Bertz CT molecular complexity index is 2780. The number of benzene rings is 7. The van der Waals surface area contributed by atoms with Gasteiger partial charge in [0.15, 0.2) is 0 Å². The molecule has 4 heteroatoms. The number of anilines is 3. The quantitative estimate of drug-likeness (QED) is 0.186. The van der Waals surface area contributed by atoms with E-state index in [0.717, 1.165) is 56.0 Å². The molecule has 0 saturated carbocycles. The molecular weight excluding hydrogens is 613 g/mol. The maximum absolute atomic E-state index is 6.21. The normalized spacial score (nSPS) is 13.3. The summed E-state index contributed by atoms with van der Waals surface area (Å²) in [5.74, 6) is 0.831. The molecule has 1 aliphatic carbocycles. The maximum atomic E-state index is 6.21. The molecule has 0 N–H and O–H groups in total. The third kappa shape index (κ3) is 4.12. The molecule has 2 heterocycles. The Labute approximate surface area is 290 Å². The van der Waals surface area contributed by atoms with E-state index in [2.05, 4.69) is 151 Å². The maximum Gasteiger partial charge on any atom is 0.135 e. The summed E-state index contributed by atoms with van der Waals surface area (Å²) >= 11 is 0. The Morgan fingerprint density at radius 2 is 1.18 bits per heavy atom. The summed E-state index contributed by atoms with van der Waals surface area (Å²) in [5.41, 5.74) is 13.7. The molecule has 2 aromatic heterocycles. The van der Waals surface area contributed by atoms with E-state index in [9.17, 15) is 0 Å². The second-order valence-electron chi connectivity index (χ2n) is 13.8. The minimum atomic E-state index is -0.111. The number of nitrogens with zero attached hydrogens (tertiary/aromatic N) is 2. The monoisotopic (exact) mass is 646 g/mol. The van der Waals surface area contributed by atoms with Crippen molar-refractivity contribution in [3.05, 3.63) is 163 Å². The molecular formula is C46H34N2O2. The zero-order valence-corrected chi connectivity index (χ0v) is 28.1. The lowest BCUT2D eigenvalue weighted by molar-refractivity contribution is 0.415. The van der Waals surface area contributed by atoms with Gasteiger partial charge >= 0.3 is 0 Å². The van der Waals surface area contributed by atoms with Gasteiger partial charge in [0.1, 0.15) is 16.9 Å². The number of para-hydroxylation sites is 2. The van der Waals surface area contributed by atoms with E-state index < -0.39 is 0 Å². The highest BCUT2D eigenvalue weighted by Crippen LogP contribution is 2.51. The Morgan fingerprint density at radius 1 is 0.520 bits per heavy atom. The van der Waals surface area contributed by atoms with Gasteiger partial charge in [-0.25, -0.2) is 0 Å². The van der Waals surface area contributed by atoms with Crippen LogP contribution in [0.15, 0.2) is 156 Å². The molecule has 0 aliphatic heterocycles. The van der Waals surface area contributed by atoms with Crippen LogP contribution in [0.5, 0.6) is 5.75 Å². The van der Waals surface area contributed by atoms with Crippen LogP contribution in [0.25, 0.3) is 60.6 Å². The van der Waals surface area contributed by atoms with Crippen LogP contribution in [-0.4, -0.2) is 11.7 Å². The minimum Gasteiger partial charge on any atom is -0.497 e. The van der Waals surface area contributed by atoms with Crippen LogP contribution in [0.4, 0.5) is 17.1 Å². The van der Waals surface area contributed by atoms with E-state index in [1.807, 2.05) is 24.3 Å². The summed E-state index contributed by atoms with van der Waals surface area (Å²) in [6.07, 6.45) is 0. The van der Waals surface area contributed by atoms with Crippen molar-refractivity contribution < 1.29 is 9.15 Å². The lowest BCUT2D eigenvalue weighted by atomic mass is 9.82. The molecule has 0 fully saturated rings. The van der Waals surface area contributed by atoms with Crippen LogP contribution in [0.1, 0.15) is 25.0 Å². The van der Waals surface area contributed by atoms with Crippen molar-refractivity contribution in [1.82, 2.24) is 4.57 Å². The van der Waals surface area contributed by atoms with Crippen LogP contribution in [-0.2, 0) is 5.41 Å². The van der Waals surface area contributed by atoms with Gasteiger partial charge in [0.2, 0.25) is 0 Å². The third-order valence-electron chi connectivity index (χ3n) is 10.7. The lowest BCUT2D eigenvalue weighted by Gasteiger charge is -2.28. The second kappa shape index (κ2) is 10.6. The van der Waals surface area contributed by atoms with Gasteiger partial charge in [-0.05, 0) is 101 Å². The zero-order valence-electron chi connectivity index (χ0n) is 28.1. The van der Waals surface area contributed by atoms with E-state index in [4.69, 9.17) is 9.15 Å². The molecule has 0 radical (unpaired) electrons. The molecule has 0 saturated heterocycles. The molecule has 240 valence electrons. The van der Waals surface area contributed by atoms with Gasteiger partial charge in [-0.3, -0.25) is 0 Å². The van der Waals surface area contributed by atoms with E-state index in [0.29, 0.717) is 0 Å². The summed E-state index contributed by atoms with van der Waals surface area (Å²) < 4.78 is 14.2. The van der Waals surface area contributed by atoms with Crippen LogP contribution in [0, 0.1) is 0 Å². The van der Waals surface area contributed by atoms with Crippen LogP contribution < -0.4 is 9.64 Å². The molecule has 7 aromatic carbocycles. The highest BCUT2D eigenvalue weighted by molar-refractivity contribution is 6.11. The average molecular weight is 647 g/mol. The lowest BCUT2D eigenvalue weighted by Crippen LogP contribution is -2.16. The number of fused-ring (bicyclic) bond motifs is 9. The van der Waals surface area contributed by atoms with Crippen molar-refractivity contribution in [2.75, 3.05) is 12.0 Å². The van der Waals surface area contributed by atoms with Crippen molar-refractivity contribution >= 4 is 60.8 Å². The van der Waals surface area contributed by atoms with Gasteiger partial charge in [0, 0.05) is 49.7 Å². The summed E-state index contributed by atoms with van der Waals surface area (Å²) in [7, 11) is 1.71. The fraction of sp³-hybridized carbons (Fsp3) is 0.0870. The number of hydrogen-bond acceptors (Lipinski definition) is 3. The Hall–Kier alpha value is -6.26. The van der Waals surface area contributed by atoms with Gasteiger partial charge < -0.3 is 18.6 Å². The number of furan rings is 1. The fourth-order valence-electron chi connectivity index (χ4n) is 8.24. The van der Waals surface area contributed by atoms with Crippen molar-refractivity contribution in [2.24, 2.45) is 0 Å². The third-order valence-corrected chi connectivity index (χ3v) is 10.7. The summed E-state index contributed by atoms with van der Waals surface area (Å²) in [4.78, 5) is 2.37. The van der Waals surface area contributed by atoms with Gasteiger partial charge in [-0.15, -0.1) is 0 Å². The second-order valence-corrected chi connectivity index (χ2v) is 13.8. The molecule has 0 amide bonds. The Kier molecular flexibility index (Phi) is 6.10. The largest absolute Gasteiger partial charge is 0.497 e. The van der Waals surface area contributed by atoms with Gasteiger partial charge in [0.05, 0.1) is 18.1 Å². The number of ether oxygens (including phenoxy) is 1. The number of rotatable bonds is 5. The van der Waals surface area contributed by atoms with Gasteiger partial charge in [-0.1, -0.05) is 86.6 Å². The molecule has 0 atom stereocenters. The highest BCUT2D eigenvalue weighted by Gasteiger charge is 2.35. The summed E-state index contributed by atoms with van der Waals surface area (Å²) in [6.45, 7) is 4.67. The van der Waals surface area contributed by atoms with Gasteiger partial charge in [-0.2, -0.15) is 0 Å². The van der Waals surface area contributed by atoms with E-state index in [1.54, 1.807) is 7.11 Å². The summed E-state index contributed by atoms with van der Waals surface area (Å²) in [6, 6.07) is 54.5. The SMILES string of the molecule is COc1ccc(N(c2ccc3c(c2)C(C)(C)c2ccccc2-3)c2ccc3c4ccccc4n(-c4ccc5oc6ccccc6c5c4)c3c2)cc1. The fourth-order valence-corrected chi connectivity index (χ4v) is 8.24. The standard InChI is InChI=1S/C46H34N2O2/c1-46(2)40-13-7-4-10-34(40)35-23-18-31(27-41(35)46)47(29-16-21-33(49-3)22-17-29)32-19-24-37-36-11-5-8-14-42(36)48(43(37)28-32)30-20-25-45-39(26-30)38-12-6-9-15-44(38)50-45/h4-28H,1-3H3. The average Bonchev–Trinajstić information content (AvgIpc) is 3.77. The first-order chi connectivity index (χ1) is 24.5. The highest BCUT2D eigenvalue weighted by atomic mass is 16.5. The van der Waals surface area contributed by atoms with E-state index in [1.165, 1.54) is 38.5 Å². The minimum absolute atomic E-state index is 0.111. The molecule has 50 heavy (non-hydrogen) atoms. The van der Waals surface area contributed by atoms with Crippen molar-refractivity contribution in [3.8, 4) is 22.6 Å². The van der Waals surface area contributed by atoms with Crippen LogP contribution in [0.3, 0.4) is 0 Å². The number of methoxy groups -OCH3 is 1. The molecule has 9 aromatic rings. The first-order valence-electron chi connectivity index (χ1n) is 17.1. The number of aromatic nitrogens is 1. The van der Waals surface area contributed by atoms with E-state index in [-0.39, 0.29) is 5.41 Å². The first kappa shape index (κ1) is 28.7. The van der Waals surface area contributed by atoms with Crippen molar-refractivity contribution in [1.29, 1.82) is 0 Å². The molecule has 0 unspecified atom stereocenters. The van der Waals surface area contributed by atoms with Gasteiger partial charge in [0.25, 0.3) is 0 Å². The summed E-state index contributed by atoms with van der Waals surface area (Å²) in [5, 5.41) is 4.67. The first-order valence-corrected chi connectivity index (χ1v) is 17.1. The molecule has 1 aliphatic rings. The predicted molar refractivity (Wildman–Crippen MR) is 207 cm³/mol. The van der Waals surface area contributed by atoms with Crippen molar-refractivity contribution in [2.45, 2.75) is 19.3 Å². The Balaban J connectivity index is 1.20. The van der Waals surface area contributed by atoms with Crippen molar-refractivity contribution in [3.63, 3.8) is 0 Å². The van der Waals surface area contributed by atoms with E-state index >= 15 is 0 Å². The predicted octanol–water partition coefficient (Wildman–Crippen LogP) is 12.5. The topological polar surface area (TPSA) is 30.5 Å². The molecule has 0 bridgehead atoms. The number of hydrogen-bond donors (Lipinski definition) is 0. The zero-order chi connectivity index (χ0) is 33.6. The Morgan fingerprint density at radius 3 is 2.04 bits per heavy atom.